The second kappa shape index (κ2) is 8.76. The minimum Gasteiger partial charge on any atom is -0.493 e. The highest BCUT2D eigenvalue weighted by atomic mass is 16.5. The van der Waals surface area contributed by atoms with Crippen molar-refractivity contribution in [3.63, 3.8) is 0 Å². The normalized spacial score (nSPS) is 23.4. The number of nitrogens with one attached hydrogen (secondary N) is 1. The van der Waals surface area contributed by atoms with Gasteiger partial charge in [-0.05, 0) is 25.5 Å². The van der Waals surface area contributed by atoms with Crippen molar-refractivity contribution in [2.75, 3.05) is 20.2 Å². The molecule has 2 atom stereocenters. The molecule has 2 bridgehead atoms. The van der Waals surface area contributed by atoms with Gasteiger partial charge in [0.05, 0.1) is 13.2 Å². The lowest BCUT2D eigenvalue weighted by atomic mass is 10.00. The number of benzene rings is 1. The second-order valence-corrected chi connectivity index (χ2v) is 7.62. The summed E-state index contributed by atoms with van der Waals surface area (Å²) >= 11 is 0. The van der Waals surface area contributed by atoms with Gasteiger partial charge in [0, 0.05) is 50.5 Å². The average molecular weight is 374 g/mol. The molecule has 1 aromatic rings. The molecule has 0 aliphatic carbocycles. The quantitative estimate of drug-likeness (QED) is 0.772. The topological polar surface area (TPSA) is 71.0 Å². The van der Waals surface area contributed by atoms with E-state index in [1.165, 1.54) is 5.56 Å². The lowest BCUT2D eigenvalue weighted by Gasteiger charge is -2.23. The number of ether oxygens (including phenoxy) is 2. The predicted molar refractivity (Wildman–Crippen MR) is 104 cm³/mol. The molecule has 2 aliphatic rings. The molecule has 0 aromatic heterocycles. The van der Waals surface area contributed by atoms with Crippen LogP contribution in [0.3, 0.4) is 0 Å². The molecule has 3 rings (SSSR count). The Morgan fingerprint density at radius 2 is 2.26 bits per heavy atom. The number of rotatable bonds is 5. The first-order valence-electron chi connectivity index (χ1n) is 9.68. The Morgan fingerprint density at radius 3 is 3.00 bits per heavy atom. The number of carbonyl (C=O) groups is 1. The van der Waals surface area contributed by atoms with Gasteiger partial charge in [0.2, 0.25) is 5.91 Å². The molecule has 2 heterocycles. The van der Waals surface area contributed by atoms with E-state index < -0.39 is 6.10 Å². The fourth-order valence-corrected chi connectivity index (χ4v) is 3.72. The third kappa shape index (κ3) is 5.02. The van der Waals surface area contributed by atoms with Crippen LogP contribution in [0.1, 0.15) is 37.8 Å². The molecule has 0 spiro atoms. The summed E-state index contributed by atoms with van der Waals surface area (Å²) in [6.07, 6.45) is 5.01. The van der Waals surface area contributed by atoms with Crippen LogP contribution in [-0.2, 0) is 17.8 Å². The fourth-order valence-electron chi connectivity index (χ4n) is 3.72. The smallest absolute Gasteiger partial charge is 0.221 e. The van der Waals surface area contributed by atoms with Crippen LogP contribution in [0.2, 0.25) is 0 Å². The van der Waals surface area contributed by atoms with Crippen LogP contribution in [0.4, 0.5) is 0 Å². The molecule has 2 N–H and O–H groups in total. The van der Waals surface area contributed by atoms with E-state index in [1.54, 1.807) is 7.11 Å². The molecule has 2 aliphatic heterocycles. The Bertz CT molecular complexity index is 702. The number of fused-ring (bicyclic) bond motifs is 1. The lowest BCUT2D eigenvalue weighted by Crippen LogP contribution is -2.34. The number of aliphatic hydroxyl groups is 1. The summed E-state index contributed by atoms with van der Waals surface area (Å²) in [5, 5.41) is 13.2. The summed E-state index contributed by atoms with van der Waals surface area (Å²) in [5.41, 5.74) is 2.35. The van der Waals surface area contributed by atoms with E-state index >= 15 is 0 Å². The van der Waals surface area contributed by atoms with E-state index in [1.807, 2.05) is 32.1 Å². The van der Waals surface area contributed by atoms with Gasteiger partial charge < -0.3 is 19.9 Å². The molecular weight excluding hydrogens is 344 g/mol. The minimum absolute atomic E-state index is 0.0435. The molecule has 0 radical (unpaired) electrons. The summed E-state index contributed by atoms with van der Waals surface area (Å²) < 4.78 is 11.5. The first kappa shape index (κ1) is 19.7. The Labute approximate surface area is 161 Å². The first-order chi connectivity index (χ1) is 13.0. The molecule has 6 nitrogen and oxygen atoms in total. The Kier molecular flexibility index (Phi) is 6.39. The van der Waals surface area contributed by atoms with Gasteiger partial charge >= 0.3 is 0 Å². The van der Waals surface area contributed by atoms with E-state index in [0.29, 0.717) is 25.9 Å². The molecule has 0 saturated carbocycles. The molecule has 27 heavy (non-hydrogen) atoms. The van der Waals surface area contributed by atoms with E-state index in [2.05, 4.69) is 16.3 Å². The maximum absolute atomic E-state index is 12.0. The second-order valence-electron chi connectivity index (χ2n) is 7.62. The Balaban J connectivity index is 1.80. The number of carbonyl (C=O) groups excluding carboxylic acids is 1. The molecule has 6 heteroatoms. The van der Waals surface area contributed by atoms with E-state index in [-0.39, 0.29) is 18.1 Å². The van der Waals surface area contributed by atoms with Gasteiger partial charge in [-0.15, -0.1) is 0 Å². The number of hydrogen-bond acceptors (Lipinski definition) is 5. The predicted octanol–water partition coefficient (Wildman–Crippen LogP) is 2.04. The van der Waals surface area contributed by atoms with Crippen LogP contribution >= 0.6 is 0 Å². The van der Waals surface area contributed by atoms with Crippen molar-refractivity contribution in [1.82, 2.24) is 10.2 Å². The van der Waals surface area contributed by atoms with E-state index in [9.17, 15) is 9.90 Å². The molecule has 0 saturated heterocycles. The van der Waals surface area contributed by atoms with Crippen LogP contribution in [0.15, 0.2) is 24.3 Å². The van der Waals surface area contributed by atoms with Crippen molar-refractivity contribution in [2.24, 2.45) is 0 Å². The zero-order valence-corrected chi connectivity index (χ0v) is 16.4. The number of amides is 1. The summed E-state index contributed by atoms with van der Waals surface area (Å²) in [4.78, 5) is 14.3. The highest BCUT2D eigenvalue weighted by Gasteiger charge is 2.30. The molecule has 1 aromatic carbocycles. The van der Waals surface area contributed by atoms with Crippen LogP contribution in [0.5, 0.6) is 11.5 Å². The van der Waals surface area contributed by atoms with Gasteiger partial charge in [-0.3, -0.25) is 9.69 Å². The standard InChI is InChI=1S/C21H30N2O4/c1-14(2)22-20(25)8-10-23-9-4-5-16(24)11-17-12-18-15(13-23)6-7-19(26-3)21(18)27-17/h4-7,14,16-17,24H,8-13H2,1-3H3,(H,22,25)/b5-4+/t16-,17?/m0/s1. The van der Waals surface area contributed by atoms with Gasteiger partial charge in [0.15, 0.2) is 11.5 Å². The van der Waals surface area contributed by atoms with Crippen LogP contribution in [0.25, 0.3) is 0 Å². The molecule has 1 amide bonds. The van der Waals surface area contributed by atoms with Gasteiger partial charge in [-0.25, -0.2) is 0 Å². The molecule has 148 valence electrons. The highest BCUT2D eigenvalue weighted by molar-refractivity contribution is 5.76. The van der Waals surface area contributed by atoms with Gasteiger partial charge in [0.25, 0.3) is 0 Å². The van der Waals surface area contributed by atoms with Crippen molar-refractivity contribution >= 4 is 5.91 Å². The van der Waals surface area contributed by atoms with Crippen molar-refractivity contribution < 1.29 is 19.4 Å². The third-order valence-corrected chi connectivity index (χ3v) is 4.98. The Morgan fingerprint density at radius 1 is 1.44 bits per heavy atom. The van der Waals surface area contributed by atoms with Crippen LogP contribution in [0, 0.1) is 0 Å². The van der Waals surface area contributed by atoms with Gasteiger partial charge in [-0.2, -0.15) is 0 Å². The summed E-state index contributed by atoms with van der Waals surface area (Å²) in [5.74, 6) is 1.60. The first-order valence-corrected chi connectivity index (χ1v) is 9.68. The summed E-state index contributed by atoms with van der Waals surface area (Å²) in [7, 11) is 1.65. The number of nitrogens with zero attached hydrogens (tertiary/aromatic N) is 1. The number of methoxy groups -OCH3 is 1. The van der Waals surface area contributed by atoms with E-state index in [4.69, 9.17) is 9.47 Å². The lowest BCUT2D eigenvalue weighted by molar-refractivity contribution is -0.121. The SMILES string of the molecule is COc1ccc2c3c1OC(C3)C[C@@H](O)/C=C/CN(CCC(=O)NC(C)C)C2. The zero-order valence-electron chi connectivity index (χ0n) is 16.4. The van der Waals surface area contributed by atoms with Crippen LogP contribution in [-0.4, -0.2) is 54.4 Å². The van der Waals surface area contributed by atoms with Crippen LogP contribution < -0.4 is 14.8 Å². The van der Waals surface area contributed by atoms with Crippen molar-refractivity contribution in [3.8, 4) is 11.5 Å². The van der Waals surface area contributed by atoms with Crippen molar-refractivity contribution in [2.45, 2.75) is 57.9 Å². The number of aliphatic hydroxyl groups excluding tert-OH is 1. The fraction of sp³-hybridized carbons (Fsp3) is 0.571. The summed E-state index contributed by atoms with van der Waals surface area (Å²) in [6.45, 7) is 6.01. The number of hydrogen-bond donors (Lipinski definition) is 2. The van der Waals surface area contributed by atoms with Gasteiger partial charge in [-0.1, -0.05) is 18.2 Å². The van der Waals surface area contributed by atoms with Crippen molar-refractivity contribution in [1.29, 1.82) is 0 Å². The molecule has 0 fully saturated rings. The van der Waals surface area contributed by atoms with Gasteiger partial charge in [0.1, 0.15) is 6.10 Å². The maximum atomic E-state index is 12.0. The molecule has 1 unspecified atom stereocenters. The third-order valence-electron chi connectivity index (χ3n) is 4.98. The average Bonchev–Trinajstić information content (AvgIpc) is 3.01. The molecular formula is C21H30N2O4. The van der Waals surface area contributed by atoms with E-state index in [0.717, 1.165) is 30.0 Å². The Hall–Kier alpha value is -2.05. The zero-order chi connectivity index (χ0) is 19.4. The minimum atomic E-state index is -0.539. The maximum Gasteiger partial charge on any atom is 0.221 e. The summed E-state index contributed by atoms with van der Waals surface area (Å²) in [6, 6.07) is 4.18. The monoisotopic (exact) mass is 374 g/mol. The largest absolute Gasteiger partial charge is 0.493 e. The van der Waals surface area contributed by atoms with Crippen molar-refractivity contribution in [3.05, 3.63) is 35.4 Å². The highest BCUT2D eigenvalue weighted by Crippen LogP contribution is 2.41.